The van der Waals surface area contributed by atoms with Crippen LogP contribution in [0.5, 0.6) is 0 Å². The van der Waals surface area contributed by atoms with Gasteiger partial charge in [-0.2, -0.15) is 0 Å². The third kappa shape index (κ3) is 8.47. The van der Waals surface area contributed by atoms with E-state index in [4.69, 9.17) is 8.85 Å². The van der Waals surface area contributed by atoms with Gasteiger partial charge >= 0.3 is 9.28 Å². The van der Waals surface area contributed by atoms with Gasteiger partial charge in [0.25, 0.3) is 0 Å². The van der Waals surface area contributed by atoms with E-state index in [0.29, 0.717) is 0 Å². The topological polar surface area (TPSA) is 18.5 Å². The minimum atomic E-state index is -1.27. The van der Waals surface area contributed by atoms with Gasteiger partial charge in [-0.3, -0.25) is 0 Å². The molecule has 0 fully saturated rings. The second-order valence-electron chi connectivity index (χ2n) is 3.53. The Morgan fingerprint density at radius 3 is 2.14 bits per heavy atom. The zero-order chi connectivity index (χ0) is 10.6. The van der Waals surface area contributed by atoms with Crippen LogP contribution in [0.25, 0.3) is 0 Å². The fraction of sp³-hybridized carbons (Fsp3) is 0.818. The van der Waals surface area contributed by atoms with Crippen molar-refractivity contribution >= 4 is 9.28 Å². The summed E-state index contributed by atoms with van der Waals surface area (Å²) in [6.45, 7) is 3.71. The lowest BCUT2D eigenvalue weighted by atomic mass is 10.1. The zero-order valence-corrected chi connectivity index (χ0v) is 10.8. The molecule has 0 atom stereocenters. The number of hydrogen-bond acceptors (Lipinski definition) is 2. The summed E-state index contributed by atoms with van der Waals surface area (Å²) >= 11 is 0. The lowest BCUT2D eigenvalue weighted by Crippen LogP contribution is -2.18. The van der Waals surface area contributed by atoms with Crippen molar-refractivity contribution in [3.8, 4) is 0 Å². The Labute approximate surface area is 90.2 Å². The molecule has 0 saturated heterocycles. The molecular formula is C11H24O2Si. The molecule has 0 N–H and O–H groups in total. The van der Waals surface area contributed by atoms with Gasteiger partial charge in [0, 0.05) is 14.2 Å². The summed E-state index contributed by atoms with van der Waals surface area (Å²) in [5.41, 5.74) is 0. The summed E-state index contributed by atoms with van der Waals surface area (Å²) in [6.07, 6.45) is 9.69. The molecule has 2 nitrogen and oxygen atoms in total. The van der Waals surface area contributed by atoms with Gasteiger partial charge in [-0.1, -0.05) is 31.8 Å². The van der Waals surface area contributed by atoms with Crippen LogP contribution in [0.15, 0.2) is 12.7 Å². The van der Waals surface area contributed by atoms with E-state index < -0.39 is 9.28 Å². The first-order valence-electron chi connectivity index (χ1n) is 5.51. The fourth-order valence-corrected chi connectivity index (χ4v) is 2.75. The summed E-state index contributed by atoms with van der Waals surface area (Å²) in [6, 6.07) is 1.15. The van der Waals surface area contributed by atoms with Crippen molar-refractivity contribution in [1.82, 2.24) is 0 Å². The quantitative estimate of drug-likeness (QED) is 0.317. The molecule has 84 valence electrons. The van der Waals surface area contributed by atoms with Crippen LogP contribution >= 0.6 is 0 Å². The van der Waals surface area contributed by atoms with Gasteiger partial charge in [-0.15, -0.1) is 6.58 Å². The molecule has 0 spiro atoms. The smallest absolute Gasteiger partial charge is 0.320 e. The standard InChI is InChI=1S/C11H24O2Si/c1-4-5-6-7-8-9-10-11-14(12-2)13-3/h4,14H,1,5-11H2,2-3H3. The predicted molar refractivity (Wildman–Crippen MR) is 63.9 cm³/mol. The summed E-state index contributed by atoms with van der Waals surface area (Å²) in [7, 11) is 2.24. The predicted octanol–water partition coefficient (Wildman–Crippen LogP) is 3.03. The zero-order valence-electron chi connectivity index (χ0n) is 9.63. The van der Waals surface area contributed by atoms with Gasteiger partial charge in [0.1, 0.15) is 0 Å². The van der Waals surface area contributed by atoms with E-state index in [1.165, 1.54) is 32.1 Å². The Hall–Kier alpha value is -0.123. The van der Waals surface area contributed by atoms with Crippen LogP contribution in [0, 0.1) is 0 Å². The van der Waals surface area contributed by atoms with Gasteiger partial charge in [-0.05, 0) is 18.9 Å². The lowest BCUT2D eigenvalue weighted by Gasteiger charge is -2.09. The minimum Gasteiger partial charge on any atom is -0.400 e. The van der Waals surface area contributed by atoms with Crippen molar-refractivity contribution in [2.45, 2.75) is 44.6 Å². The highest BCUT2D eigenvalue weighted by Crippen LogP contribution is 2.09. The van der Waals surface area contributed by atoms with Crippen molar-refractivity contribution in [3.05, 3.63) is 12.7 Å². The summed E-state index contributed by atoms with van der Waals surface area (Å²) < 4.78 is 10.5. The Bertz CT molecular complexity index is 124. The first-order chi connectivity index (χ1) is 6.85. The summed E-state index contributed by atoms with van der Waals surface area (Å²) in [5, 5.41) is 0. The highest BCUT2D eigenvalue weighted by molar-refractivity contribution is 6.44. The Morgan fingerprint density at radius 1 is 1.00 bits per heavy atom. The van der Waals surface area contributed by atoms with Crippen LogP contribution in [0.2, 0.25) is 6.04 Å². The van der Waals surface area contributed by atoms with E-state index in [9.17, 15) is 0 Å². The molecule has 0 aromatic heterocycles. The van der Waals surface area contributed by atoms with Gasteiger partial charge < -0.3 is 8.85 Å². The summed E-state index contributed by atoms with van der Waals surface area (Å²) in [5.74, 6) is 0. The molecule has 0 aromatic rings. The number of unbranched alkanes of at least 4 members (excludes halogenated alkanes) is 5. The van der Waals surface area contributed by atoms with Crippen molar-refractivity contribution in [3.63, 3.8) is 0 Å². The van der Waals surface area contributed by atoms with E-state index in [0.717, 1.165) is 12.5 Å². The van der Waals surface area contributed by atoms with Gasteiger partial charge in [-0.25, -0.2) is 0 Å². The molecule has 0 saturated carbocycles. The van der Waals surface area contributed by atoms with Crippen molar-refractivity contribution in [2.75, 3.05) is 14.2 Å². The number of hydrogen-bond donors (Lipinski definition) is 0. The van der Waals surface area contributed by atoms with Crippen molar-refractivity contribution in [1.29, 1.82) is 0 Å². The van der Waals surface area contributed by atoms with E-state index in [-0.39, 0.29) is 0 Å². The van der Waals surface area contributed by atoms with E-state index in [1.54, 1.807) is 14.2 Å². The maximum absolute atomic E-state index is 5.25. The average Bonchev–Trinajstić information content (AvgIpc) is 2.22. The molecule has 0 radical (unpaired) electrons. The normalized spacial score (nSPS) is 10.8. The molecule has 0 unspecified atom stereocenters. The van der Waals surface area contributed by atoms with Crippen LogP contribution < -0.4 is 0 Å². The average molecular weight is 216 g/mol. The maximum Gasteiger partial charge on any atom is 0.320 e. The van der Waals surface area contributed by atoms with Crippen LogP contribution in [-0.2, 0) is 8.85 Å². The fourth-order valence-electron chi connectivity index (χ4n) is 1.46. The Balaban J connectivity index is 3.08. The molecule has 14 heavy (non-hydrogen) atoms. The van der Waals surface area contributed by atoms with E-state index in [2.05, 4.69) is 6.58 Å². The van der Waals surface area contributed by atoms with Gasteiger partial charge in [0.15, 0.2) is 0 Å². The Kier molecular flexibility index (Phi) is 10.9. The van der Waals surface area contributed by atoms with Crippen LogP contribution in [0.1, 0.15) is 38.5 Å². The molecule has 0 aliphatic heterocycles. The van der Waals surface area contributed by atoms with Crippen LogP contribution in [0.4, 0.5) is 0 Å². The van der Waals surface area contributed by atoms with Crippen molar-refractivity contribution < 1.29 is 8.85 Å². The molecule has 0 amide bonds. The SMILES string of the molecule is C=CCCCCCCC[SiH](OC)OC. The van der Waals surface area contributed by atoms with E-state index >= 15 is 0 Å². The highest BCUT2D eigenvalue weighted by Gasteiger charge is 2.07. The molecule has 0 aromatic carbocycles. The lowest BCUT2D eigenvalue weighted by molar-refractivity contribution is 0.276. The molecular weight excluding hydrogens is 192 g/mol. The third-order valence-corrected chi connectivity index (χ3v) is 4.31. The summed E-state index contributed by atoms with van der Waals surface area (Å²) in [4.78, 5) is 0. The molecule has 0 rings (SSSR count). The monoisotopic (exact) mass is 216 g/mol. The van der Waals surface area contributed by atoms with Crippen LogP contribution in [0.3, 0.4) is 0 Å². The minimum absolute atomic E-state index is 1.15. The second-order valence-corrected chi connectivity index (χ2v) is 5.91. The highest BCUT2D eigenvalue weighted by atomic mass is 28.3. The molecule has 0 bridgehead atoms. The maximum atomic E-state index is 5.25. The molecule has 0 aliphatic carbocycles. The number of rotatable bonds is 10. The Morgan fingerprint density at radius 2 is 1.57 bits per heavy atom. The van der Waals surface area contributed by atoms with Crippen LogP contribution in [-0.4, -0.2) is 23.5 Å². The third-order valence-electron chi connectivity index (χ3n) is 2.37. The van der Waals surface area contributed by atoms with E-state index in [1.807, 2.05) is 6.08 Å². The molecule has 3 heteroatoms. The number of allylic oxidation sites excluding steroid dienone is 1. The second kappa shape index (κ2) is 11.0. The van der Waals surface area contributed by atoms with Crippen molar-refractivity contribution in [2.24, 2.45) is 0 Å². The first kappa shape index (κ1) is 13.9. The molecule has 0 aliphatic rings. The van der Waals surface area contributed by atoms with Gasteiger partial charge in [0.05, 0.1) is 0 Å². The molecule has 0 heterocycles. The van der Waals surface area contributed by atoms with Gasteiger partial charge in [0.2, 0.25) is 0 Å². The first-order valence-corrected chi connectivity index (χ1v) is 7.27. The largest absolute Gasteiger partial charge is 0.400 e.